The fourth-order valence-corrected chi connectivity index (χ4v) is 3.19. The molecule has 0 radical (unpaired) electrons. The van der Waals surface area contributed by atoms with Gasteiger partial charge in [-0.15, -0.1) is 0 Å². The molecule has 0 aromatic heterocycles. The van der Waals surface area contributed by atoms with E-state index in [0.717, 1.165) is 11.1 Å². The molecule has 0 saturated heterocycles. The number of aryl methyl sites for hydroxylation is 1. The predicted molar refractivity (Wildman–Crippen MR) is 111 cm³/mol. The number of methoxy groups -OCH3 is 1. The maximum absolute atomic E-state index is 13.0. The third-order valence-corrected chi connectivity index (χ3v) is 4.94. The summed E-state index contributed by atoms with van der Waals surface area (Å²) >= 11 is 6.20. The minimum Gasteiger partial charge on any atom is -0.497 e. The van der Waals surface area contributed by atoms with Crippen LogP contribution in [0.15, 0.2) is 48.5 Å². The van der Waals surface area contributed by atoms with Crippen molar-refractivity contribution in [3.8, 4) is 5.75 Å². The van der Waals surface area contributed by atoms with Gasteiger partial charge in [-0.3, -0.25) is 9.59 Å². The summed E-state index contributed by atoms with van der Waals surface area (Å²) in [6.07, 6.45) is 0.798. The first-order valence-corrected chi connectivity index (χ1v) is 9.77. The second kappa shape index (κ2) is 10.7. The van der Waals surface area contributed by atoms with E-state index in [0.29, 0.717) is 30.3 Å². The van der Waals surface area contributed by atoms with E-state index >= 15 is 0 Å². The second-order valence-corrected chi connectivity index (χ2v) is 6.94. The van der Waals surface area contributed by atoms with Gasteiger partial charge in [0.2, 0.25) is 11.8 Å². The lowest BCUT2D eigenvalue weighted by molar-refractivity contribution is -0.140. The SMILES string of the molecule is CCNC(=O)C(C)N(Cc1cccc(OC)c1)C(=O)CCc1ccccc1Cl. The van der Waals surface area contributed by atoms with E-state index in [4.69, 9.17) is 16.3 Å². The lowest BCUT2D eigenvalue weighted by Gasteiger charge is -2.29. The first-order valence-electron chi connectivity index (χ1n) is 9.39. The average Bonchev–Trinajstić information content (AvgIpc) is 2.71. The molecule has 28 heavy (non-hydrogen) atoms. The van der Waals surface area contributed by atoms with Gasteiger partial charge in [-0.25, -0.2) is 0 Å². The number of amides is 2. The summed E-state index contributed by atoms with van der Waals surface area (Å²) in [5.74, 6) is 0.449. The van der Waals surface area contributed by atoms with Crippen molar-refractivity contribution in [2.45, 2.75) is 39.3 Å². The predicted octanol–water partition coefficient (Wildman–Crippen LogP) is 3.83. The van der Waals surface area contributed by atoms with Gasteiger partial charge in [-0.1, -0.05) is 41.9 Å². The summed E-state index contributed by atoms with van der Waals surface area (Å²) in [5, 5.41) is 3.44. The van der Waals surface area contributed by atoms with Crippen LogP contribution in [0.4, 0.5) is 0 Å². The van der Waals surface area contributed by atoms with Crippen LogP contribution in [0.5, 0.6) is 5.75 Å². The summed E-state index contributed by atoms with van der Waals surface area (Å²) in [4.78, 5) is 27.0. The number of carbonyl (C=O) groups is 2. The van der Waals surface area contributed by atoms with Gasteiger partial charge in [0, 0.05) is 24.5 Å². The van der Waals surface area contributed by atoms with Gasteiger partial charge in [0.15, 0.2) is 0 Å². The van der Waals surface area contributed by atoms with Crippen molar-refractivity contribution < 1.29 is 14.3 Å². The van der Waals surface area contributed by atoms with Crippen LogP contribution in [0.1, 0.15) is 31.4 Å². The van der Waals surface area contributed by atoms with E-state index in [1.54, 1.807) is 18.9 Å². The van der Waals surface area contributed by atoms with E-state index in [1.165, 1.54) is 0 Å². The van der Waals surface area contributed by atoms with Gasteiger partial charge in [0.05, 0.1) is 7.11 Å². The summed E-state index contributed by atoms with van der Waals surface area (Å²) in [5.41, 5.74) is 1.83. The number of hydrogen-bond donors (Lipinski definition) is 1. The van der Waals surface area contributed by atoms with E-state index in [1.807, 2.05) is 55.5 Å². The molecule has 0 aliphatic rings. The molecule has 0 saturated carbocycles. The van der Waals surface area contributed by atoms with Crippen LogP contribution in [0.2, 0.25) is 5.02 Å². The number of rotatable bonds is 9. The van der Waals surface area contributed by atoms with Crippen LogP contribution < -0.4 is 10.1 Å². The Hall–Kier alpha value is -2.53. The Morgan fingerprint density at radius 1 is 1.18 bits per heavy atom. The number of nitrogens with zero attached hydrogens (tertiary/aromatic N) is 1. The molecule has 2 aromatic rings. The standard InChI is InChI=1S/C22H27ClN2O3/c1-4-24-22(27)16(2)25(15-17-8-7-10-19(14-17)28-3)21(26)13-12-18-9-5-6-11-20(18)23/h5-11,14,16H,4,12-13,15H2,1-3H3,(H,24,27). The fourth-order valence-electron chi connectivity index (χ4n) is 2.96. The molecule has 0 bridgehead atoms. The molecule has 5 nitrogen and oxygen atoms in total. The molecule has 6 heteroatoms. The third kappa shape index (κ3) is 5.99. The summed E-state index contributed by atoms with van der Waals surface area (Å²) in [6.45, 7) is 4.45. The van der Waals surface area contributed by atoms with Crippen LogP contribution in [-0.4, -0.2) is 36.4 Å². The smallest absolute Gasteiger partial charge is 0.242 e. The van der Waals surface area contributed by atoms with Crippen molar-refractivity contribution in [2.75, 3.05) is 13.7 Å². The molecule has 1 N–H and O–H groups in total. The first kappa shape index (κ1) is 21.8. The highest BCUT2D eigenvalue weighted by atomic mass is 35.5. The lowest BCUT2D eigenvalue weighted by Crippen LogP contribution is -2.47. The number of carbonyl (C=O) groups excluding carboxylic acids is 2. The molecular formula is C22H27ClN2O3. The Morgan fingerprint density at radius 3 is 2.61 bits per heavy atom. The van der Waals surface area contributed by atoms with E-state index < -0.39 is 6.04 Å². The zero-order valence-electron chi connectivity index (χ0n) is 16.6. The Morgan fingerprint density at radius 2 is 1.93 bits per heavy atom. The number of ether oxygens (including phenoxy) is 1. The molecule has 2 rings (SSSR count). The maximum atomic E-state index is 13.0. The molecule has 150 valence electrons. The highest BCUT2D eigenvalue weighted by molar-refractivity contribution is 6.31. The number of benzene rings is 2. The molecule has 0 heterocycles. The van der Waals surface area contributed by atoms with E-state index in [-0.39, 0.29) is 18.2 Å². The van der Waals surface area contributed by atoms with Crippen LogP contribution in [0.25, 0.3) is 0 Å². The molecule has 0 aliphatic carbocycles. The Kier molecular flexibility index (Phi) is 8.33. The Bertz CT molecular complexity index is 810. The summed E-state index contributed by atoms with van der Waals surface area (Å²) in [6, 6.07) is 14.4. The van der Waals surface area contributed by atoms with E-state index in [9.17, 15) is 9.59 Å². The number of halogens is 1. The molecule has 2 amide bonds. The molecule has 2 aromatic carbocycles. The highest BCUT2D eigenvalue weighted by Gasteiger charge is 2.25. The van der Waals surface area contributed by atoms with E-state index in [2.05, 4.69) is 5.32 Å². The molecule has 0 fully saturated rings. The Labute approximate surface area is 171 Å². The summed E-state index contributed by atoms with van der Waals surface area (Å²) < 4.78 is 5.26. The van der Waals surface area contributed by atoms with Gasteiger partial charge in [-0.05, 0) is 49.6 Å². The van der Waals surface area contributed by atoms with Crippen molar-refractivity contribution in [1.29, 1.82) is 0 Å². The molecule has 0 aliphatic heterocycles. The minimum atomic E-state index is -0.579. The van der Waals surface area contributed by atoms with Crippen molar-refractivity contribution >= 4 is 23.4 Å². The third-order valence-electron chi connectivity index (χ3n) is 4.57. The number of hydrogen-bond acceptors (Lipinski definition) is 3. The highest BCUT2D eigenvalue weighted by Crippen LogP contribution is 2.19. The lowest BCUT2D eigenvalue weighted by atomic mass is 10.1. The zero-order chi connectivity index (χ0) is 20.5. The minimum absolute atomic E-state index is 0.0958. The topological polar surface area (TPSA) is 58.6 Å². The number of nitrogens with one attached hydrogen (secondary N) is 1. The van der Waals surface area contributed by atoms with Crippen LogP contribution >= 0.6 is 11.6 Å². The monoisotopic (exact) mass is 402 g/mol. The quantitative estimate of drug-likeness (QED) is 0.693. The maximum Gasteiger partial charge on any atom is 0.242 e. The number of likely N-dealkylation sites (N-methyl/N-ethyl adjacent to an activating group) is 1. The molecule has 0 spiro atoms. The van der Waals surface area contributed by atoms with Gasteiger partial charge < -0.3 is 15.0 Å². The van der Waals surface area contributed by atoms with Gasteiger partial charge in [-0.2, -0.15) is 0 Å². The Balaban J connectivity index is 2.17. The average molecular weight is 403 g/mol. The zero-order valence-corrected chi connectivity index (χ0v) is 17.3. The van der Waals surface area contributed by atoms with Crippen LogP contribution in [-0.2, 0) is 22.6 Å². The van der Waals surface area contributed by atoms with Gasteiger partial charge >= 0.3 is 0 Å². The molecule has 1 unspecified atom stereocenters. The van der Waals surface area contributed by atoms with Crippen LogP contribution in [0, 0.1) is 0 Å². The van der Waals surface area contributed by atoms with Gasteiger partial charge in [0.25, 0.3) is 0 Å². The molecular weight excluding hydrogens is 376 g/mol. The van der Waals surface area contributed by atoms with Crippen molar-refractivity contribution in [2.24, 2.45) is 0 Å². The van der Waals surface area contributed by atoms with Gasteiger partial charge in [0.1, 0.15) is 11.8 Å². The second-order valence-electron chi connectivity index (χ2n) is 6.54. The first-order chi connectivity index (χ1) is 13.5. The van der Waals surface area contributed by atoms with Crippen molar-refractivity contribution in [3.63, 3.8) is 0 Å². The van der Waals surface area contributed by atoms with Crippen LogP contribution in [0.3, 0.4) is 0 Å². The normalized spacial score (nSPS) is 11.6. The molecule has 1 atom stereocenters. The fraction of sp³-hybridized carbons (Fsp3) is 0.364. The largest absolute Gasteiger partial charge is 0.497 e. The van der Waals surface area contributed by atoms with Crippen molar-refractivity contribution in [3.05, 3.63) is 64.7 Å². The van der Waals surface area contributed by atoms with Crippen molar-refractivity contribution in [1.82, 2.24) is 10.2 Å². The summed E-state index contributed by atoms with van der Waals surface area (Å²) in [7, 11) is 1.60.